The lowest BCUT2D eigenvalue weighted by Gasteiger charge is -2.15. The van der Waals surface area contributed by atoms with E-state index in [0.717, 1.165) is 17.6 Å². The summed E-state index contributed by atoms with van der Waals surface area (Å²) in [7, 11) is 0. The van der Waals surface area contributed by atoms with Crippen molar-refractivity contribution >= 4 is 10.9 Å². The van der Waals surface area contributed by atoms with Crippen molar-refractivity contribution in [2.75, 3.05) is 0 Å². The Labute approximate surface area is 139 Å². The van der Waals surface area contributed by atoms with Crippen molar-refractivity contribution in [1.82, 2.24) is 4.98 Å². The van der Waals surface area contributed by atoms with E-state index in [0.29, 0.717) is 5.92 Å². The number of hydrogen-bond donors (Lipinski definition) is 0. The molecule has 1 heteroatoms. The van der Waals surface area contributed by atoms with Crippen LogP contribution < -0.4 is 0 Å². The lowest BCUT2D eigenvalue weighted by Crippen LogP contribution is -1.97. The number of hydrogen-bond acceptors (Lipinski definition) is 1. The molecule has 1 unspecified atom stereocenters. The van der Waals surface area contributed by atoms with Crippen LogP contribution in [-0.2, 0) is 0 Å². The molecular weight excluding hydrogens is 278 g/mol. The fourth-order valence-corrected chi connectivity index (χ4v) is 3.42. The quantitative estimate of drug-likeness (QED) is 0.550. The first kappa shape index (κ1) is 15.7. The van der Waals surface area contributed by atoms with E-state index < -0.39 is 0 Å². The van der Waals surface area contributed by atoms with Crippen LogP contribution in [0.15, 0.2) is 42.5 Å². The Bertz CT molecular complexity index is 841. The topological polar surface area (TPSA) is 12.9 Å². The van der Waals surface area contributed by atoms with Crippen molar-refractivity contribution in [3.63, 3.8) is 0 Å². The van der Waals surface area contributed by atoms with Crippen molar-refractivity contribution in [3.05, 3.63) is 64.7 Å². The van der Waals surface area contributed by atoms with Crippen LogP contribution in [0.1, 0.15) is 48.4 Å². The Hall–Kier alpha value is -2.15. The molecule has 0 aliphatic carbocycles. The molecule has 0 aliphatic heterocycles. The summed E-state index contributed by atoms with van der Waals surface area (Å²) in [5.74, 6) is 0.561. The molecule has 0 N–H and O–H groups in total. The number of rotatable bonds is 3. The molecule has 23 heavy (non-hydrogen) atoms. The lowest BCUT2D eigenvalue weighted by molar-refractivity contribution is 0.739. The number of fused-ring (bicyclic) bond motifs is 1. The van der Waals surface area contributed by atoms with E-state index >= 15 is 0 Å². The highest BCUT2D eigenvalue weighted by molar-refractivity contribution is 5.88. The second kappa shape index (κ2) is 6.16. The van der Waals surface area contributed by atoms with Crippen molar-refractivity contribution < 1.29 is 0 Å². The molecule has 0 amide bonds. The summed E-state index contributed by atoms with van der Waals surface area (Å²) in [6.07, 6.45) is 1.15. The van der Waals surface area contributed by atoms with Gasteiger partial charge in [0.25, 0.3) is 0 Å². The predicted octanol–water partition coefficient (Wildman–Crippen LogP) is 6.34. The summed E-state index contributed by atoms with van der Waals surface area (Å²) < 4.78 is 0. The number of pyridine rings is 1. The van der Waals surface area contributed by atoms with E-state index in [-0.39, 0.29) is 0 Å². The fraction of sp³-hybridized carbons (Fsp3) is 0.318. The molecule has 0 bridgehead atoms. The zero-order chi connectivity index (χ0) is 16.6. The molecule has 3 rings (SSSR count). The monoisotopic (exact) mass is 303 g/mol. The Morgan fingerprint density at radius 2 is 1.65 bits per heavy atom. The van der Waals surface area contributed by atoms with E-state index in [1.807, 2.05) is 0 Å². The normalized spacial score (nSPS) is 12.6. The SMILES string of the molecule is CCC(C)c1cccc2nc(-c3cc(C)cc(C)c3)cc(C)c12. The molecule has 1 heterocycles. The van der Waals surface area contributed by atoms with Gasteiger partial charge < -0.3 is 0 Å². The van der Waals surface area contributed by atoms with Gasteiger partial charge in [0.05, 0.1) is 11.2 Å². The highest BCUT2D eigenvalue weighted by Crippen LogP contribution is 2.32. The summed E-state index contributed by atoms with van der Waals surface area (Å²) in [4.78, 5) is 4.97. The first-order valence-corrected chi connectivity index (χ1v) is 8.48. The maximum atomic E-state index is 4.97. The van der Waals surface area contributed by atoms with Gasteiger partial charge in [0.15, 0.2) is 0 Å². The van der Waals surface area contributed by atoms with Gasteiger partial charge in [0, 0.05) is 10.9 Å². The van der Waals surface area contributed by atoms with Crippen LogP contribution in [0.5, 0.6) is 0 Å². The molecule has 118 valence electrons. The maximum absolute atomic E-state index is 4.97. The molecule has 0 fully saturated rings. The lowest BCUT2D eigenvalue weighted by atomic mass is 9.92. The molecule has 1 aromatic heterocycles. The average molecular weight is 303 g/mol. The minimum Gasteiger partial charge on any atom is -0.248 e. The maximum Gasteiger partial charge on any atom is 0.0715 e. The minimum absolute atomic E-state index is 0.561. The summed E-state index contributed by atoms with van der Waals surface area (Å²) in [5, 5.41) is 1.33. The molecule has 0 aliphatic rings. The smallest absolute Gasteiger partial charge is 0.0715 e. The second-order valence-electron chi connectivity index (χ2n) is 6.75. The van der Waals surface area contributed by atoms with Gasteiger partial charge in [-0.1, -0.05) is 43.2 Å². The van der Waals surface area contributed by atoms with Gasteiger partial charge >= 0.3 is 0 Å². The third-order valence-electron chi connectivity index (χ3n) is 4.72. The highest BCUT2D eigenvalue weighted by atomic mass is 14.7. The molecule has 3 aromatic rings. The van der Waals surface area contributed by atoms with Crippen molar-refractivity contribution in [2.24, 2.45) is 0 Å². The predicted molar refractivity (Wildman–Crippen MR) is 100 cm³/mol. The third kappa shape index (κ3) is 3.01. The Balaban J connectivity index is 2.23. The minimum atomic E-state index is 0.561. The average Bonchev–Trinajstić information content (AvgIpc) is 2.52. The van der Waals surface area contributed by atoms with Crippen LogP contribution >= 0.6 is 0 Å². The Morgan fingerprint density at radius 3 is 2.30 bits per heavy atom. The first-order valence-electron chi connectivity index (χ1n) is 8.48. The molecule has 0 spiro atoms. The fourth-order valence-electron chi connectivity index (χ4n) is 3.42. The van der Waals surface area contributed by atoms with E-state index in [9.17, 15) is 0 Å². The van der Waals surface area contributed by atoms with Crippen LogP contribution in [0.2, 0.25) is 0 Å². The van der Waals surface area contributed by atoms with Crippen LogP contribution in [0.4, 0.5) is 0 Å². The molecule has 1 nitrogen and oxygen atoms in total. The molecule has 0 saturated heterocycles. The Morgan fingerprint density at radius 1 is 0.957 bits per heavy atom. The molecule has 0 radical (unpaired) electrons. The molecule has 1 atom stereocenters. The molecule has 0 saturated carbocycles. The third-order valence-corrected chi connectivity index (χ3v) is 4.72. The van der Waals surface area contributed by atoms with E-state index in [1.54, 1.807) is 0 Å². The molecule has 2 aromatic carbocycles. The van der Waals surface area contributed by atoms with E-state index in [2.05, 4.69) is 77.1 Å². The number of nitrogens with zero attached hydrogens (tertiary/aromatic N) is 1. The zero-order valence-electron chi connectivity index (χ0n) is 14.8. The summed E-state index contributed by atoms with van der Waals surface area (Å²) in [6, 6.07) is 15.4. The van der Waals surface area contributed by atoms with Crippen molar-refractivity contribution in [1.29, 1.82) is 0 Å². The van der Waals surface area contributed by atoms with Crippen molar-refractivity contribution in [2.45, 2.75) is 47.0 Å². The first-order chi connectivity index (χ1) is 11.0. The van der Waals surface area contributed by atoms with E-state index in [1.165, 1.54) is 33.2 Å². The zero-order valence-corrected chi connectivity index (χ0v) is 14.8. The Kier molecular flexibility index (Phi) is 4.21. The van der Waals surface area contributed by atoms with Crippen LogP contribution in [-0.4, -0.2) is 4.98 Å². The van der Waals surface area contributed by atoms with Crippen LogP contribution in [0.3, 0.4) is 0 Å². The second-order valence-corrected chi connectivity index (χ2v) is 6.75. The largest absolute Gasteiger partial charge is 0.248 e. The summed E-state index contributed by atoms with van der Waals surface area (Å²) in [5.41, 5.74) is 8.70. The van der Waals surface area contributed by atoms with Crippen molar-refractivity contribution in [3.8, 4) is 11.3 Å². The van der Waals surface area contributed by atoms with Gasteiger partial charge in [-0.15, -0.1) is 0 Å². The number of benzene rings is 2. The van der Waals surface area contributed by atoms with Gasteiger partial charge in [-0.3, -0.25) is 0 Å². The van der Waals surface area contributed by atoms with E-state index in [4.69, 9.17) is 4.98 Å². The molecular formula is C22H25N. The van der Waals surface area contributed by atoms with Gasteiger partial charge in [-0.25, -0.2) is 4.98 Å². The number of aromatic nitrogens is 1. The van der Waals surface area contributed by atoms with Gasteiger partial charge in [-0.2, -0.15) is 0 Å². The van der Waals surface area contributed by atoms with Gasteiger partial charge in [0.2, 0.25) is 0 Å². The van der Waals surface area contributed by atoms with Gasteiger partial charge in [0.1, 0.15) is 0 Å². The standard InChI is InChI=1S/C22H25N/c1-6-16(4)19-8-7-9-20-22(19)17(5)13-21(23-20)18-11-14(2)10-15(3)12-18/h7-13,16H,6H2,1-5H3. The summed E-state index contributed by atoms with van der Waals surface area (Å²) in [6.45, 7) is 11.0. The highest BCUT2D eigenvalue weighted by Gasteiger charge is 2.12. The summed E-state index contributed by atoms with van der Waals surface area (Å²) >= 11 is 0. The van der Waals surface area contributed by atoms with Crippen LogP contribution in [0.25, 0.3) is 22.2 Å². The number of aryl methyl sites for hydroxylation is 3. The van der Waals surface area contributed by atoms with Gasteiger partial charge in [-0.05, 0) is 68.5 Å². The van der Waals surface area contributed by atoms with Crippen LogP contribution in [0, 0.1) is 20.8 Å².